The lowest BCUT2D eigenvalue weighted by molar-refractivity contribution is -0.137. The Morgan fingerprint density at radius 2 is 1.91 bits per heavy atom. The summed E-state index contributed by atoms with van der Waals surface area (Å²) in [6, 6.07) is 12.1. The predicted octanol–water partition coefficient (Wildman–Crippen LogP) is 1.78. The van der Waals surface area contributed by atoms with E-state index in [0.29, 0.717) is 6.42 Å². The van der Waals surface area contributed by atoms with Crippen LogP contribution in [0, 0.1) is 0 Å². The molecular weight excluding hydrogens is 316 g/mol. The highest BCUT2D eigenvalue weighted by Crippen LogP contribution is 2.13. The molecule has 23 heavy (non-hydrogen) atoms. The van der Waals surface area contributed by atoms with Crippen LogP contribution in [-0.4, -0.2) is 30.1 Å². The molecule has 6 nitrogen and oxygen atoms in total. The summed E-state index contributed by atoms with van der Waals surface area (Å²) in [7, 11) is -2.04. The molecule has 124 valence electrons. The Morgan fingerprint density at radius 1 is 1.22 bits per heavy atom. The van der Waals surface area contributed by atoms with E-state index in [4.69, 9.17) is 5.11 Å². The molecule has 0 radical (unpaired) electrons. The van der Waals surface area contributed by atoms with E-state index < -0.39 is 22.0 Å². The number of nitrogens with one attached hydrogen (secondary N) is 1. The molecule has 0 bridgehead atoms. The number of carbonyl (C=O) groups is 1. The van der Waals surface area contributed by atoms with Crippen molar-refractivity contribution in [3.63, 3.8) is 0 Å². The summed E-state index contributed by atoms with van der Waals surface area (Å²) >= 11 is 0. The number of aryl methyl sites for hydroxylation is 1. The number of aliphatic carboxylic acids is 1. The van der Waals surface area contributed by atoms with Gasteiger partial charge in [0.15, 0.2) is 0 Å². The number of nitrogens with zero attached hydrogens (tertiary/aromatic N) is 1. The Hall–Kier alpha value is -2.12. The zero-order chi connectivity index (χ0) is 16.9. The highest BCUT2D eigenvalue weighted by atomic mass is 32.2. The Morgan fingerprint density at radius 3 is 2.48 bits per heavy atom. The van der Waals surface area contributed by atoms with Gasteiger partial charge in [-0.25, -0.2) is 13.1 Å². The number of carboxylic acids is 1. The van der Waals surface area contributed by atoms with Crippen LogP contribution in [0.25, 0.3) is 0 Å². The molecule has 0 aliphatic rings. The summed E-state index contributed by atoms with van der Waals surface area (Å²) in [4.78, 5) is 10.8. The Kier molecular flexibility index (Phi) is 5.57. The fraction of sp³-hybridized carbons (Fsp3) is 0.312. The Labute approximate surface area is 135 Å². The summed E-state index contributed by atoms with van der Waals surface area (Å²) in [5, 5.41) is 9.03. The van der Waals surface area contributed by atoms with Gasteiger partial charge in [0.05, 0.1) is 0 Å². The van der Waals surface area contributed by atoms with E-state index in [1.165, 1.54) is 10.6 Å². The molecule has 0 spiro atoms. The lowest BCUT2D eigenvalue weighted by Gasteiger charge is -2.18. The third-order valence-corrected chi connectivity index (χ3v) is 5.14. The number of sulfonamides is 1. The first-order valence-electron chi connectivity index (χ1n) is 7.28. The molecule has 1 aromatic heterocycles. The maximum atomic E-state index is 12.5. The molecule has 1 aromatic carbocycles. The van der Waals surface area contributed by atoms with E-state index in [0.717, 1.165) is 5.56 Å². The first-order chi connectivity index (χ1) is 10.9. The van der Waals surface area contributed by atoms with Crippen LogP contribution in [0.2, 0.25) is 0 Å². The standard InChI is InChI=1S/C16H20N2O4S/c1-18-11-5-8-15(18)23(21,22)17-14(9-10-16(19)20)12-13-6-3-2-4-7-13/h2-8,11,14,17H,9-10,12H2,1H3,(H,19,20). The van der Waals surface area contributed by atoms with E-state index in [2.05, 4.69) is 4.72 Å². The van der Waals surface area contributed by atoms with Gasteiger partial charge in [-0.1, -0.05) is 30.3 Å². The average molecular weight is 336 g/mol. The van der Waals surface area contributed by atoms with Gasteiger partial charge in [0.2, 0.25) is 0 Å². The molecule has 2 aromatic rings. The van der Waals surface area contributed by atoms with Crippen molar-refractivity contribution < 1.29 is 18.3 Å². The molecule has 0 aliphatic carbocycles. The van der Waals surface area contributed by atoms with Crippen LogP contribution in [0.15, 0.2) is 53.7 Å². The van der Waals surface area contributed by atoms with Crippen LogP contribution >= 0.6 is 0 Å². The van der Waals surface area contributed by atoms with Crippen molar-refractivity contribution in [1.82, 2.24) is 9.29 Å². The summed E-state index contributed by atoms with van der Waals surface area (Å²) in [6.45, 7) is 0. The number of hydrogen-bond donors (Lipinski definition) is 2. The summed E-state index contributed by atoms with van der Waals surface area (Å²) in [5.41, 5.74) is 0.956. The monoisotopic (exact) mass is 336 g/mol. The van der Waals surface area contributed by atoms with Crippen molar-refractivity contribution in [2.75, 3.05) is 0 Å². The first-order valence-corrected chi connectivity index (χ1v) is 8.76. The highest BCUT2D eigenvalue weighted by Gasteiger charge is 2.23. The molecule has 1 atom stereocenters. The van der Waals surface area contributed by atoms with E-state index >= 15 is 0 Å². The molecular formula is C16H20N2O4S. The lowest BCUT2D eigenvalue weighted by atomic mass is 10.0. The minimum Gasteiger partial charge on any atom is -0.481 e. The molecule has 0 saturated heterocycles. The fourth-order valence-corrected chi connectivity index (χ4v) is 3.86. The van der Waals surface area contributed by atoms with E-state index in [9.17, 15) is 13.2 Å². The normalized spacial score (nSPS) is 12.9. The molecule has 0 amide bonds. The van der Waals surface area contributed by atoms with E-state index in [1.54, 1.807) is 19.3 Å². The molecule has 0 aliphatic heterocycles. The van der Waals surface area contributed by atoms with Crippen LogP contribution in [0.5, 0.6) is 0 Å². The quantitative estimate of drug-likeness (QED) is 0.769. The lowest BCUT2D eigenvalue weighted by Crippen LogP contribution is -2.37. The number of benzene rings is 1. The van der Waals surface area contributed by atoms with Crippen molar-refractivity contribution >= 4 is 16.0 Å². The second kappa shape index (κ2) is 7.43. The van der Waals surface area contributed by atoms with Crippen LogP contribution < -0.4 is 4.72 Å². The van der Waals surface area contributed by atoms with Gasteiger partial charge in [-0.2, -0.15) is 0 Å². The van der Waals surface area contributed by atoms with Crippen LogP contribution in [0.1, 0.15) is 18.4 Å². The summed E-state index contributed by atoms with van der Waals surface area (Å²) in [5.74, 6) is -0.943. The van der Waals surface area contributed by atoms with E-state index in [1.807, 2.05) is 30.3 Å². The third kappa shape index (κ3) is 4.94. The number of rotatable bonds is 8. The van der Waals surface area contributed by atoms with Crippen molar-refractivity contribution in [2.24, 2.45) is 7.05 Å². The largest absolute Gasteiger partial charge is 0.481 e. The molecule has 2 N–H and O–H groups in total. The molecule has 7 heteroatoms. The molecule has 1 unspecified atom stereocenters. The van der Waals surface area contributed by atoms with Crippen LogP contribution in [0.3, 0.4) is 0 Å². The Bertz CT molecular complexity index is 753. The smallest absolute Gasteiger partial charge is 0.303 e. The molecule has 1 heterocycles. The maximum Gasteiger partial charge on any atom is 0.303 e. The van der Waals surface area contributed by atoms with Crippen LogP contribution in [0.4, 0.5) is 0 Å². The summed E-state index contributed by atoms with van der Waals surface area (Å²) in [6.07, 6.45) is 2.23. The predicted molar refractivity (Wildman–Crippen MR) is 86.5 cm³/mol. The fourth-order valence-electron chi connectivity index (χ4n) is 2.40. The van der Waals surface area contributed by atoms with Gasteiger partial charge in [-0.3, -0.25) is 4.79 Å². The molecule has 0 saturated carbocycles. The topological polar surface area (TPSA) is 88.4 Å². The average Bonchev–Trinajstić information content (AvgIpc) is 2.92. The van der Waals surface area contributed by atoms with Crippen molar-refractivity contribution in [3.05, 3.63) is 54.2 Å². The zero-order valence-corrected chi connectivity index (χ0v) is 13.7. The van der Waals surface area contributed by atoms with Gasteiger partial charge < -0.3 is 9.67 Å². The zero-order valence-electron chi connectivity index (χ0n) is 12.8. The third-order valence-electron chi connectivity index (χ3n) is 3.52. The van der Waals surface area contributed by atoms with Gasteiger partial charge >= 0.3 is 5.97 Å². The number of hydrogen-bond acceptors (Lipinski definition) is 3. The minimum atomic E-state index is -3.69. The van der Waals surface area contributed by atoms with Crippen LogP contribution in [-0.2, 0) is 28.3 Å². The summed E-state index contributed by atoms with van der Waals surface area (Å²) < 4.78 is 29.1. The van der Waals surface area contributed by atoms with Crippen molar-refractivity contribution in [3.8, 4) is 0 Å². The first kappa shape index (κ1) is 17.2. The van der Waals surface area contributed by atoms with Gasteiger partial charge in [-0.15, -0.1) is 0 Å². The molecule has 0 fully saturated rings. The van der Waals surface area contributed by atoms with Gasteiger partial charge in [0, 0.05) is 25.7 Å². The van der Waals surface area contributed by atoms with E-state index in [-0.39, 0.29) is 17.9 Å². The number of carboxylic acid groups (broad SMARTS) is 1. The minimum absolute atomic E-state index is 0.0901. The number of aromatic nitrogens is 1. The second-order valence-electron chi connectivity index (χ2n) is 5.40. The SMILES string of the molecule is Cn1cccc1S(=O)(=O)NC(CCC(=O)O)Cc1ccccc1. The van der Waals surface area contributed by atoms with Gasteiger partial charge in [0.1, 0.15) is 5.03 Å². The van der Waals surface area contributed by atoms with Gasteiger partial charge in [-0.05, 0) is 30.5 Å². The Balaban J connectivity index is 2.16. The second-order valence-corrected chi connectivity index (χ2v) is 7.06. The van der Waals surface area contributed by atoms with Gasteiger partial charge in [0.25, 0.3) is 10.0 Å². The maximum absolute atomic E-state index is 12.5. The van der Waals surface area contributed by atoms with Crippen molar-refractivity contribution in [2.45, 2.75) is 30.3 Å². The van der Waals surface area contributed by atoms with Crippen molar-refractivity contribution in [1.29, 1.82) is 0 Å². The molecule has 2 rings (SSSR count). The highest BCUT2D eigenvalue weighted by molar-refractivity contribution is 7.89.